The van der Waals surface area contributed by atoms with Crippen LogP contribution in [0.15, 0.2) is 40.4 Å². The fourth-order valence-corrected chi connectivity index (χ4v) is 3.15. The first-order valence-corrected chi connectivity index (χ1v) is 9.36. The smallest absolute Gasteiger partial charge is 0.326 e. The van der Waals surface area contributed by atoms with Crippen LogP contribution in [-0.4, -0.2) is 21.1 Å². The summed E-state index contributed by atoms with van der Waals surface area (Å²) in [6, 6.07) is 6.13. The number of carbonyl (C=O) groups is 1. The molecule has 1 heterocycles. The van der Waals surface area contributed by atoms with Gasteiger partial charge in [0, 0.05) is 17.5 Å². The van der Waals surface area contributed by atoms with E-state index in [1.165, 1.54) is 23.9 Å². The number of thioether (sulfide) groups is 1. The summed E-state index contributed by atoms with van der Waals surface area (Å²) >= 11 is 1.32. The maximum absolute atomic E-state index is 13.0. The van der Waals surface area contributed by atoms with Gasteiger partial charge in [-0.3, -0.25) is 9.59 Å². The lowest BCUT2D eigenvalue weighted by atomic mass is 10.2. The van der Waals surface area contributed by atoms with Crippen molar-refractivity contribution in [1.82, 2.24) is 9.55 Å². The van der Waals surface area contributed by atoms with Crippen LogP contribution in [0.3, 0.4) is 0 Å². The van der Waals surface area contributed by atoms with Crippen LogP contribution in [-0.2, 0) is 28.2 Å². The zero-order chi connectivity index (χ0) is 19.3. The van der Waals surface area contributed by atoms with Crippen LogP contribution in [0.5, 0.6) is 0 Å². The quantitative estimate of drug-likeness (QED) is 0.437. The highest BCUT2D eigenvalue weighted by atomic mass is 32.2. The molecule has 0 bridgehead atoms. The van der Waals surface area contributed by atoms with Gasteiger partial charge in [0.2, 0.25) is 0 Å². The molecule has 0 unspecified atom stereocenters. The Morgan fingerprint density at radius 1 is 1.27 bits per heavy atom. The molecule has 0 aliphatic heterocycles. The summed E-state index contributed by atoms with van der Waals surface area (Å²) in [4.78, 5) is 28.4. The predicted molar refractivity (Wildman–Crippen MR) is 99.7 cm³/mol. The van der Waals surface area contributed by atoms with Gasteiger partial charge in [0.15, 0.2) is 5.16 Å². The van der Waals surface area contributed by atoms with Gasteiger partial charge in [-0.05, 0) is 44.9 Å². The minimum atomic E-state index is -0.585. The largest absolute Gasteiger partial charge is 0.459 e. The van der Waals surface area contributed by atoms with Gasteiger partial charge in [0.1, 0.15) is 18.0 Å². The molecule has 1 aromatic carbocycles. The van der Waals surface area contributed by atoms with E-state index in [9.17, 15) is 14.0 Å². The third-order valence-corrected chi connectivity index (χ3v) is 4.47. The molecule has 2 rings (SSSR count). The van der Waals surface area contributed by atoms with E-state index >= 15 is 0 Å². The van der Waals surface area contributed by atoms with Gasteiger partial charge in [-0.2, -0.15) is 4.98 Å². The van der Waals surface area contributed by atoms with Crippen molar-refractivity contribution < 1.29 is 13.9 Å². The molecule has 2 aromatic rings. The van der Waals surface area contributed by atoms with E-state index in [4.69, 9.17) is 4.74 Å². The SMILES string of the molecule is CCc1cn(CC(=O)OC(C)(C)C)c(SCc2ccc(F)cc2)nc1=O. The molecule has 7 heteroatoms. The van der Waals surface area contributed by atoms with Crippen LogP contribution < -0.4 is 5.56 Å². The van der Waals surface area contributed by atoms with E-state index in [0.29, 0.717) is 22.9 Å². The van der Waals surface area contributed by atoms with E-state index in [2.05, 4.69) is 4.98 Å². The van der Waals surface area contributed by atoms with Gasteiger partial charge in [0.05, 0.1) is 0 Å². The van der Waals surface area contributed by atoms with Crippen LogP contribution in [0, 0.1) is 5.82 Å². The minimum Gasteiger partial charge on any atom is -0.459 e. The van der Waals surface area contributed by atoms with E-state index in [1.807, 2.05) is 6.92 Å². The van der Waals surface area contributed by atoms with Gasteiger partial charge in [-0.15, -0.1) is 0 Å². The van der Waals surface area contributed by atoms with Crippen LogP contribution >= 0.6 is 11.8 Å². The number of ether oxygens (including phenoxy) is 1. The van der Waals surface area contributed by atoms with Crippen LogP contribution in [0.2, 0.25) is 0 Å². The second-order valence-electron chi connectivity index (χ2n) is 6.84. The average molecular weight is 378 g/mol. The predicted octanol–water partition coefficient (Wildman–Crippen LogP) is 3.58. The standard InChI is InChI=1S/C19H23FN2O3S/c1-5-14-10-22(11-16(23)25-19(2,3)4)18(21-17(14)24)26-12-13-6-8-15(20)9-7-13/h6-10H,5,11-12H2,1-4H3. The Balaban J connectivity index is 2.22. The van der Waals surface area contributed by atoms with Crippen molar-refractivity contribution in [3.8, 4) is 0 Å². The third kappa shape index (κ3) is 5.98. The van der Waals surface area contributed by atoms with Crippen molar-refractivity contribution in [2.45, 2.75) is 57.2 Å². The highest BCUT2D eigenvalue weighted by Gasteiger charge is 2.18. The molecule has 140 valence electrons. The number of rotatable bonds is 6. The fraction of sp³-hybridized carbons (Fsp3) is 0.421. The zero-order valence-corrected chi connectivity index (χ0v) is 16.2. The molecule has 26 heavy (non-hydrogen) atoms. The van der Waals surface area contributed by atoms with Crippen molar-refractivity contribution >= 4 is 17.7 Å². The van der Waals surface area contributed by atoms with Gasteiger partial charge >= 0.3 is 5.97 Å². The van der Waals surface area contributed by atoms with E-state index in [1.54, 1.807) is 43.7 Å². The normalized spacial score (nSPS) is 11.4. The molecule has 0 amide bonds. The fourth-order valence-electron chi connectivity index (χ4n) is 2.23. The highest BCUT2D eigenvalue weighted by Crippen LogP contribution is 2.21. The van der Waals surface area contributed by atoms with Crippen molar-refractivity contribution in [3.05, 3.63) is 57.8 Å². The van der Waals surface area contributed by atoms with Gasteiger partial charge in [-0.1, -0.05) is 30.8 Å². The molecule has 0 spiro atoms. The Morgan fingerprint density at radius 2 is 1.92 bits per heavy atom. The number of esters is 1. The average Bonchev–Trinajstić information content (AvgIpc) is 2.54. The molecule has 0 atom stereocenters. The van der Waals surface area contributed by atoms with Crippen LogP contribution in [0.4, 0.5) is 4.39 Å². The summed E-state index contributed by atoms with van der Waals surface area (Å²) in [5, 5.41) is 0.433. The first-order chi connectivity index (χ1) is 12.2. The molecule has 5 nitrogen and oxygen atoms in total. The lowest BCUT2D eigenvalue weighted by molar-refractivity contribution is -0.155. The number of benzene rings is 1. The molecule has 0 aliphatic rings. The van der Waals surface area contributed by atoms with Gasteiger partial charge < -0.3 is 9.30 Å². The Morgan fingerprint density at radius 3 is 2.50 bits per heavy atom. The summed E-state index contributed by atoms with van der Waals surface area (Å²) in [5.41, 5.74) is 0.557. The van der Waals surface area contributed by atoms with Crippen molar-refractivity contribution in [2.24, 2.45) is 0 Å². The topological polar surface area (TPSA) is 61.2 Å². The first-order valence-electron chi connectivity index (χ1n) is 8.37. The number of carbonyl (C=O) groups excluding carboxylic acids is 1. The molecular weight excluding hydrogens is 355 g/mol. The lowest BCUT2D eigenvalue weighted by Gasteiger charge is -2.20. The monoisotopic (exact) mass is 378 g/mol. The molecule has 0 N–H and O–H groups in total. The molecular formula is C19H23FN2O3S. The van der Waals surface area contributed by atoms with E-state index in [0.717, 1.165) is 5.56 Å². The molecule has 0 radical (unpaired) electrons. The maximum Gasteiger partial charge on any atom is 0.326 e. The van der Waals surface area contributed by atoms with E-state index in [-0.39, 0.29) is 17.9 Å². The van der Waals surface area contributed by atoms with Gasteiger partial charge in [0.25, 0.3) is 5.56 Å². The Labute approximate surface area is 156 Å². The number of nitrogens with zero attached hydrogens (tertiary/aromatic N) is 2. The lowest BCUT2D eigenvalue weighted by Crippen LogP contribution is -2.28. The number of aryl methyl sites for hydroxylation is 1. The third-order valence-electron chi connectivity index (χ3n) is 3.41. The highest BCUT2D eigenvalue weighted by molar-refractivity contribution is 7.98. The second kappa shape index (κ2) is 8.49. The summed E-state index contributed by atoms with van der Waals surface area (Å²) in [5.74, 6) is -0.188. The molecule has 0 saturated heterocycles. The summed E-state index contributed by atoms with van der Waals surface area (Å²) in [6.45, 7) is 7.24. The minimum absolute atomic E-state index is 0.0245. The van der Waals surface area contributed by atoms with Crippen molar-refractivity contribution in [1.29, 1.82) is 0 Å². The molecule has 0 saturated carbocycles. The van der Waals surface area contributed by atoms with Crippen LogP contribution in [0.1, 0.15) is 38.8 Å². The maximum atomic E-state index is 13.0. The van der Waals surface area contributed by atoms with Crippen LogP contribution in [0.25, 0.3) is 0 Å². The number of aromatic nitrogens is 2. The summed E-state index contributed by atoms with van der Waals surface area (Å²) in [7, 11) is 0. The summed E-state index contributed by atoms with van der Waals surface area (Å²) < 4.78 is 20.0. The molecule has 0 fully saturated rings. The number of halogens is 1. The second-order valence-corrected chi connectivity index (χ2v) is 7.78. The first kappa shape index (κ1) is 20.2. The Kier molecular flexibility index (Phi) is 6.58. The summed E-state index contributed by atoms with van der Waals surface area (Å²) in [6.07, 6.45) is 2.19. The van der Waals surface area contributed by atoms with Crippen molar-refractivity contribution in [2.75, 3.05) is 0 Å². The van der Waals surface area contributed by atoms with Crippen molar-refractivity contribution in [3.63, 3.8) is 0 Å². The number of hydrogen-bond donors (Lipinski definition) is 0. The van der Waals surface area contributed by atoms with E-state index < -0.39 is 11.6 Å². The zero-order valence-electron chi connectivity index (χ0n) is 15.4. The molecule has 1 aromatic heterocycles. The molecule has 0 aliphatic carbocycles. The van der Waals surface area contributed by atoms with Gasteiger partial charge in [-0.25, -0.2) is 4.39 Å². The number of hydrogen-bond acceptors (Lipinski definition) is 5. The Hall–Kier alpha value is -2.15. The Bertz CT molecular complexity index is 826.